The highest BCUT2D eigenvalue weighted by atomic mass is 32.2. The molecule has 0 saturated carbocycles. The number of amides is 1. The van der Waals surface area contributed by atoms with Crippen molar-refractivity contribution in [2.24, 2.45) is 5.16 Å². The van der Waals surface area contributed by atoms with Gasteiger partial charge in [-0.25, -0.2) is 4.79 Å². The van der Waals surface area contributed by atoms with Crippen LogP contribution in [0.15, 0.2) is 5.16 Å². The molecule has 0 bridgehead atoms. The van der Waals surface area contributed by atoms with Gasteiger partial charge in [-0.05, 0) is 12.1 Å². The Labute approximate surface area is 80.7 Å². The van der Waals surface area contributed by atoms with Gasteiger partial charge in [0.25, 0.3) is 5.04 Å². The second kappa shape index (κ2) is 6.73. The molecular weight excluding hydrogens is 192 g/mol. The van der Waals surface area contributed by atoms with Crippen LogP contribution in [0, 0.1) is 0 Å². The van der Waals surface area contributed by atoms with Gasteiger partial charge in [0.15, 0.2) is 0 Å². The third kappa shape index (κ3) is 4.74. The second-order valence-electron chi connectivity index (χ2n) is 2.10. The summed E-state index contributed by atoms with van der Waals surface area (Å²) < 4.78 is 11.2. The van der Waals surface area contributed by atoms with Crippen LogP contribution in [0.4, 0.5) is 4.79 Å². The molecule has 0 radical (unpaired) electrons. The molecule has 0 heterocycles. The van der Waals surface area contributed by atoms with Gasteiger partial charge in [-0.15, -0.1) is 0 Å². The van der Waals surface area contributed by atoms with Crippen LogP contribution in [0.25, 0.3) is 0 Å². The lowest BCUT2D eigenvalue weighted by Crippen LogP contribution is -2.21. The summed E-state index contributed by atoms with van der Waals surface area (Å²) in [4.78, 5) is 15.0. The highest BCUT2D eigenvalue weighted by Gasteiger charge is 2.13. The fraction of sp³-hybridized carbons (Fsp3) is 0.714. The average molecular weight is 206 g/mol. The molecule has 0 aromatic heterocycles. The Morgan fingerprint density at radius 3 is 2.62 bits per heavy atom. The van der Waals surface area contributed by atoms with Gasteiger partial charge >= 0.3 is 6.09 Å². The maximum absolute atomic E-state index is 11.2. The number of carbonyl (C=O) groups is 1. The number of nitrogens with one attached hydrogen (secondary N) is 1. The molecule has 6 heteroatoms. The van der Waals surface area contributed by atoms with Crippen LogP contribution in [0.3, 0.4) is 0 Å². The lowest BCUT2D eigenvalue weighted by atomic mass is 10.5. The maximum Gasteiger partial charge on any atom is 0.433 e. The SMILES string of the molecule is CCC(=NOC(=O)NC)[S+]([O-])CC. The van der Waals surface area contributed by atoms with Gasteiger partial charge in [0.2, 0.25) is 0 Å². The lowest BCUT2D eigenvalue weighted by molar-refractivity contribution is 0.153. The average Bonchev–Trinajstić information content (AvgIpc) is 2.17. The van der Waals surface area contributed by atoms with Crippen LogP contribution < -0.4 is 5.32 Å². The van der Waals surface area contributed by atoms with Crippen LogP contribution in [0.5, 0.6) is 0 Å². The van der Waals surface area contributed by atoms with Crippen molar-refractivity contribution in [2.45, 2.75) is 20.3 Å². The zero-order chi connectivity index (χ0) is 10.3. The Kier molecular flexibility index (Phi) is 6.34. The maximum atomic E-state index is 11.2. The fourth-order valence-corrected chi connectivity index (χ4v) is 1.35. The number of rotatable bonds is 3. The summed E-state index contributed by atoms with van der Waals surface area (Å²) in [6.07, 6.45) is -0.142. The minimum Gasteiger partial charge on any atom is -0.610 e. The van der Waals surface area contributed by atoms with Crippen molar-refractivity contribution in [3.05, 3.63) is 0 Å². The number of hydrogen-bond donors (Lipinski definition) is 1. The third-order valence-electron chi connectivity index (χ3n) is 1.26. The first-order valence-corrected chi connectivity index (χ1v) is 5.31. The molecule has 0 aliphatic heterocycles. The molecule has 1 atom stereocenters. The predicted molar refractivity (Wildman–Crippen MR) is 52.0 cm³/mol. The summed E-state index contributed by atoms with van der Waals surface area (Å²) in [5.41, 5.74) is 0. The molecule has 1 amide bonds. The minimum absolute atomic E-state index is 0.395. The lowest BCUT2D eigenvalue weighted by Gasteiger charge is -2.07. The van der Waals surface area contributed by atoms with E-state index in [4.69, 9.17) is 0 Å². The van der Waals surface area contributed by atoms with E-state index < -0.39 is 17.3 Å². The van der Waals surface area contributed by atoms with E-state index in [1.54, 1.807) is 13.8 Å². The molecule has 0 aromatic carbocycles. The van der Waals surface area contributed by atoms with Crippen molar-refractivity contribution in [1.29, 1.82) is 0 Å². The smallest absolute Gasteiger partial charge is 0.433 e. The molecule has 1 N–H and O–H groups in total. The van der Waals surface area contributed by atoms with Crippen molar-refractivity contribution in [3.63, 3.8) is 0 Å². The predicted octanol–water partition coefficient (Wildman–Crippen LogP) is 0.835. The number of nitrogens with zero attached hydrogens (tertiary/aromatic N) is 1. The summed E-state index contributed by atoms with van der Waals surface area (Å²) in [5, 5.41) is 6.12. The Morgan fingerprint density at radius 1 is 1.62 bits per heavy atom. The minimum atomic E-state index is -1.14. The third-order valence-corrected chi connectivity index (χ3v) is 2.68. The Balaban J connectivity index is 4.14. The first-order valence-electron chi connectivity index (χ1n) is 3.99. The second-order valence-corrected chi connectivity index (χ2v) is 3.84. The van der Waals surface area contributed by atoms with Gasteiger partial charge in [0.05, 0.1) is 0 Å². The van der Waals surface area contributed by atoms with Crippen LogP contribution >= 0.6 is 0 Å². The quantitative estimate of drug-likeness (QED) is 0.244. The van der Waals surface area contributed by atoms with Crippen LogP contribution in [-0.2, 0) is 16.0 Å². The molecule has 1 unspecified atom stereocenters. The van der Waals surface area contributed by atoms with Crippen LogP contribution in [0.2, 0.25) is 0 Å². The van der Waals surface area contributed by atoms with Crippen LogP contribution in [-0.4, -0.2) is 28.5 Å². The van der Waals surface area contributed by atoms with Crippen molar-refractivity contribution in [1.82, 2.24) is 5.32 Å². The molecule has 0 saturated heterocycles. The fourth-order valence-electron chi connectivity index (χ4n) is 0.572. The van der Waals surface area contributed by atoms with Crippen molar-refractivity contribution in [3.8, 4) is 0 Å². The highest BCUT2D eigenvalue weighted by Crippen LogP contribution is 2.00. The van der Waals surface area contributed by atoms with E-state index in [1.807, 2.05) is 0 Å². The molecule has 0 aromatic rings. The molecule has 0 fully saturated rings. The van der Waals surface area contributed by atoms with E-state index in [9.17, 15) is 9.35 Å². The Bertz CT molecular complexity index is 196. The van der Waals surface area contributed by atoms with E-state index in [2.05, 4.69) is 15.3 Å². The van der Waals surface area contributed by atoms with Gasteiger partial charge in [-0.3, -0.25) is 4.84 Å². The summed E-state index contributed by atoms with van der Waals surface area (Å²) in [5.74, 6) is 0.476. The van der Waals surface area contributed by atoms with Gasteiger partial charge in [0, 0.05) is 24.6 Å². The molecular formula is C7H14N2O3S. The van der Waals surface area contributed by atoms with Gasteiger partial charge < -0.3 is 9.87 Å². The Morgan fingerprint density at radius 2 is 2.23 bits per heavy atom. The Hall–Kier alpha value is -0.750. The molecule has 13 heavy (non-hydrogen) atoms. The molecule has 0 aliphatic rings. The number of oxime groups is 1. The largest absolute Gasteiger partial charge is 0.610 e. The summed E-state index contributed by atoms with van der Waals surface area (Å²) in [6.45, 7) is 3.58. The molecule has 0 spiro atoms. The summed E-state index contributed by atoms with van der Waals surface area (Å²) >= 11 is -1.14. The molecule has 0 aliphatic carbocycles. The van der Waals surface area contributed by atoms with E-state index in [-0.39, 0.29) is 0 Å². The standard InChI is InChI=1S/C7H14N2O3S/c1-4-6(13(11)5-2)9-12-7(10)8-3/h4-5H2,1-3H3,(H,8,10). The zero-order valence-electron chi connectivity index (χ0n) is 7.99. The van der Waals surface area contributed by atoms with E-state index in [0.29, 0.717) is 17.2 Å². The first kappa shape index (κ1) is 12.2. The van der Waals surface area contributed by atoms with Gasteiger partial charge in [0.1, 0.15) is 5.75 Å². The van der Waals surface area contributed by atoms with Crippen molar-refractivity contribution < 1.29 is 14.2 Å². The monoisotopic (exact) mass is 206 g/mol. The summed E-state index contributed by atoms with van der Waals surface area (Å²) in [6, 6.07) is 0. The molecule has 5 nitrogen and oxygen atoms in total. The number of hydrogen-bond acceptors (Lipinski definition) is 4. The van der Waals surface area contributed by atoms with E-state index in [1.165, 1.54) is 7.05 Å². The van der Waals surface area contributed by atoms with E-state index >= 15 is 0 Å². The summed E-state index contributed by atoms with van der Waals surface area (Å²) in [7, 11) is 1.43. The molecule has 76 valence electrons. The normalized spacial score (nSPS) is 13.7. The van der Waals surface area contributed by atoms with Crippen molar-refractivity contribution in [2.75, 3.05) is 12.8 Å². The topological polar surface area (TPSA) is 73.8 Å². The van der Waals surface area contributed by atoms with Crippen molar-refractivity contribution >= 4 is 22.3 Å². The number of carbonyl (C=O) groups excluding carboxylic acids is 1. The zero-order valence-corrected chi connectivity index (χ0v) is 8.81. The van der Waals surface area contributed by atoms with Crippen LogP contribution in [0.1, 0.15) is 20.3 Å². The van der Waals surface area contributed by atoms with E-state index in [0.717, 1.165) is 0 Å². The van der Waals surface area contributed by atoms with Gasteiger partial charge in [-0.2, -0.15) is 0 Å². The highest BCUT2D eigenvalue weighted by molar-refractivity contribution is 8.06. The molecule has 0 rings (SSSR count). The first-order chi connectivity index (χ1) is 6.15. The van der Waals surface area contributed by atoms with Gasteiger partial charge in [-0.1, -0.05) is 6.92 Å².